The fraction of sp³-hybridized carbons (Fsp3) is 0.0476. The van der Waals surface area contributed by atoms with E-state index in [1.807, 2.05) is 25.1 Å². The maximum absolute atomic E-state index is 13.9. The van der Waals surface area contributed by atoms with Gasteiger partial charge in [-0.05, 0) is 48.9 Å². The van der Waals surface area contributed by atoms with Gasteiger partial charge < -0.3 is 5.32 Å². The molecule has 3 nitrogen and oxygen atoms in total. The maximum atomic E-state index is 13.9. The lowest BCUT2D eigenvalue weighted by molar-refractivity contribution is 0.102. The minimum Gasteiger partial charge on any atom is -0.319 e. The summed E-state index contributed by atoms with van der Waals surface area (Å²) in [4.78, 5) is 14.1. The predicted octanol–water partition coefficient (Wildman–Crippen LogP) is 5.41. The first-order chi connectivity index (χ1) is 12.6. The van der Waals surface area contributed by atoms with E-state index in [1.165, 1.54) is 17.8 Å². The van der Waals surface area contributed by atoms with Gasteiger partial charge in [-0.15, -0.1) is 0 Å². The molecule has 26 heavy (non-hydrogen) atoms. The fourth-order valence-corrected chi connectivity index (χ4v) is 3.46. The fourth-order valence-electron chi connectivity index (χ4n) is 2.43. The lowest BCUT2D eigenvalue weighted by atomic mass is 10.2. The predicted molar refractivity (Wildman–Crippen MR) is 101 cm³/mol. The molecule has 0 heterocycles. The first kappa shape index (κ1) is 17.7. The molecule has 3 aromatic carbocycles. The average Bonchev–Trinajstić information content (AvgIpc) is 2.65. The van der Waals surface area contributed by atoms with Gasteiger partial charge in [0.25, 0.3) is 5.91 Å². The number of halogens is 1. The summed E-state index contributed by atoms with van der Waals surface area (Å²) in [6, 6.07) is 21.0. The second kappa shape index (κ2) is 7.85. The van der Waals surface area contributed by atoms with E-state index in [-0.39, 0.29) is 5.69 Å². The highest BCUT2D eigenvalue weighted by Gasteiger charge is 2.15. The molecule has 3 aromatic rings. The summed E-state index contributed by atoms with van der Waals surface area (Å²) in [6.07, 6.45) is 0. The third-order valence-electron chi connectivity index (χ3n) is 3.73. The smallest absolute Gasteiger partial charge is 0.256 e. The summed E-state index contributed by atoms with van der Waals surface area (Å²) in [5.74, 6) is -0.879. The first-order valence-electron chi connectivity index (χ1n) is 7.92. The SMILES string of the molecule is Cc1ccc(F)c(NC(=O)c2ccccc2Sc2ccccc2C#N)c1. The largest absolute Gasteiger partial charge is 0.319 e. The topological polar surface area (TPSA) is 52.9 Å². The van der Waals surface area contributed by atoms with Crippen LogP contribution < -0.4 is 5.32 Å². The van der Waals surface area contributed by atoms with Crippen molar-refractivity contribution < 1.29 is 9.18 Å². The van der Waals surface area contributed by atoms with Gasteiger partial charge in [-0.2, -0.15) is 5.26 Å². The third-order valence-corrected chi connectivity index (χ3v) is 4.88. The number of aryl methyl sites for hydroxylation is 1. The molecule has 0 aromatic heterocycles. The molecule has 0 fully saturated rings. The standard InChI is InChI=1S/C21H15FN2OS/c1-14-10-11-17(22)18(12-14)24-21(25)16-7-3-5-9-20(16)26-19-8-4-2-6-15(19)13-23/h2-12H,1H3,(H,24,25). The number of carbonyl (C=O) groups is 1. The van der Waals surface area contributed by atoms with Crippen LogP contribution in [0, 0.1) is 24.1 Å². The molecular formula is C21H15FN2OS. The monoisotopic (exact) mass is 362 g/mol. The summed E-state index contributed by atoms with van der Waals surface area (Å²) < 4.78 is 13.9. The Morgan fingerprint density at radius 1 is 1.04 bits per heavy atom. The van der Waals surface area contributed by atoms with Crippen LogP contribution in [0.15, 0.2) is 76.5 Å². The Balaban J connectivity index is 1.90. The van der Waals surface area contributed by atoms with Crippen molar-refractivity contribution in [2.45, 2.75) is 16.7 Å². The molecule has 0 spiro atoms. The van der Waals surface area contributed by atoms with Crippen LogP contribution >= 0.6 is 11.8 Å². The zero-order chi connectivity index (χ0) is 18.5. The number of nitriles is 1. The maximum Gasteiger partial charge on any atom is 0.256 e. The molecule has 1 N–H and O–H groups in total. The van der Waals surface area contributed by atoms with Crippen molar-refractivity contribution in [2.75, 3.05) is 5.32 Å². The van der Waals surface area contributed by atoms with Gasteiger partial charge >= 0.3 is 0 Å². The molecule has 0 aliphatic heterocycles. The molecular weight excluding hydrogens is 347 g/mol. The number of nitrogens with one attached hydrogen (secondary N) is 1. The van der Waals surface area contributed by atoms with E-state index in [2.05, 4.69) is 11.4 Å². The normalized spacial score (nSPS) is 10.2. The lowest BCUT2D eigenvalue weighted by Gasteiger charge is -2.11. The van der Waals surface area contributed by atoms with Crippen molar-refractivity contribution in [3.05, 3.63) is 89.2 Å². The number of carbonyl (C=O) groups excluding carboxylic acids is 1. The van der Waals surface area contributed by atoms with Crippen LogP contribution in [0.2, 0.25) is 0 Å². The van der Waals surface area contributed by atoms with Crippen molar-refractivity contribution in [1.29, 1.82) is 5.26 Å². The van der Waals surface area contributed by atoms with Crippen LogP contribution in [0.3, 0.4) is 0 Å². The van der Waals surface area contributed by atoms with Crippen molar-refractivity contribution in [2.24, 2.45) is 0 Å². The zero-order valence-electron chi connectivity index (χ0n) is 14.0. The van der Waals surface area contributed by atoms with E-state index in [9.17, 15) is 14.4 Å². The van der Waals surface area contributed by atoms with Gasteiger partial charge in [-0.3, -0.25) is 4.79 Å². The summed E-state index contributed by atoms with van der Waals surface area (Å²) in [5.41, 5.74) is 1.96. The molecule has 0 aliphatic rings. The Labute approximate surface area is 155 Å². The quantitative estimate of drug-likeness (QED) is 0.675. The van der Waals surface area contributed by atoms with Gasteiger partial charge in [0.2, 0.25) is 0 Å². The van der Waals surface area contributed by atoms with Crippen LogP contribution in [0.25, 0.3) is 0 Å². The van der Waals surface area contributed by atoms with E-state index >= 15 is 0 Å². The van der Waals surface area contributed by atoms with Crippen molar-refractivity contribution >= 4 is 23.4 Å². The number of rotatable bonds is 4. The minimum atomic E-state index is -0.482. The summed E-state index contributed by atoms with van der Waals surface area (Å²) in [7, 11) is 0. The minimum absolute atomic E-state index is 0.146. The zero-order valence-corrected chi connectivity index (χ0v) is 14.8. The molecule has 0 unspecified atom stereocenters. The molecule has 0 aliphatic carbocycles. The van der Waals surface area contributed by atoms with Gasteiger partial charge in [0.1, 0.15) is 11.9 Å². The van der Waals surface area contributed by atoms with E-state index in [4.69, 9.17) is 0 Å². The van der Waals surface area contributed by atoms with Crippen LogP contribution in [0.5, 0.6) is 0 Å². The average molecular weight is 362 g/mol. The number of anilines is 1. The van der Waals surface area contributed by atoms with E-state index in [1.54, 1.807) is 42.5 Å². The lowest BCUT2D eigenvalue weighted by Crippen LogP contribution is -2.14. The molecule has 3 rings (SSSR count). The third kappa shape index (κ3) is 3.93. The summed E-state index contributed by atoms with van der Waals surface area (Å²) >= 11 is 1.33. The second-order valence-electron chi connectivity index (χ2n) is 5.64. The number of amides is 1. The Kier molecular flexibility index (Phi) is 5.35. The number of hydrogen-bond donors (Lipinski definition) is 1. The molecule has 5 heteroatoms. The van der Waals surface area contributed by atoms with Crippen molar-refractivity contribution in [3.63, 3.8) is 0 Å². The van der Waals surface area contributed by atoms with E-state index < -0.39 is 11.7 Å². The van der Waals surface area contributed by atoms with Crippen molar-refractivity contribution in [3.8, 4) is 6.07 Å². The van der Waals surface area contributed by atoms with Gasteiger partial charge in [0.05, 0.1) is 16.8 Å². The van der Waals surface area contributed by atoms with Crippen LogP contribution in [0.1, 0.15) is 21.5 Å². The number of hydrogen-bond acceptors (Lipinski definition) is 3. The Morgan fingerprint density at radius 3 is 2.50 bits per heavy atom. The second-order valence-corrected chi connectivity index (χ2v) is 6.73. The van der Waals surface area contributed by atoms with Crippen LogP contribution in [0.4, 0.5) is 10.1 Å². The van der Waals surface area contributed by atoms with E-state index in [0.29, 0.717) is 16.0 Å². The van der Waals surface area contributed by atoms with Gasteiger partial charge in [-0.25, -0.2) is 4.39 Å². The molecule has 128 valence electrons. The molecule has 0 radical (unpaired) electrons. The van der Waals surface area contributed by atoms with Crippen LogP contribution in [-0.2, 0) is 0 Å². The molecule has 0 saturated heterocycles. The Bertz CT molecular complexity index is 1010. The van der Waals surface area contributed by atoms with Crippen molar-refractivity contribution in [1.82, 2.24) is 0 Å². The van der Waals surface area contributed by atoms with E-state index in [0.717, 1.165) is 10.5 Å². The van der Waals surface area contributed by atoms with Gasteiger partial charge in [-0.1, -0.05) is 42.1 Å². The Hall–Kier alpha value is -3.10. The van der Waals surface area contributed by atoms with Gasteiger partial charge in [0.15, 0.2) is 0 Å². The number of nitrogens with zero attached hydrogens (tertiary/aromatic N) is 1. The molecule has 0 bridgehead atoms. The first-order valence-corrected chi connectivity index (χ1v) is 8.73. The highest BCUT2D eigenvalue weighted by Crippen LogP contribution is 2.33. The highest BCUT2D eigenvalue weighted by molar-refractivity contribution is 7.99. The Morgan fingerprint density at radius 2 is 1.73 bits per heavy atom. The summed E-state index contributed by atoms with van der Waals surface area (Å²) in [5, 5.41) is 11.9. The number of benzene rings is 3. The molecule has 1 amide bonds. The molecule has 0 atom stereocenters. The summed E-state index contributed by atoms with van der Waals surface area (Å²) in [6.45, 7) is 1.83. The van der Waals surface area contributed by atoms with Gasteiger partial charge in [0, 0.05) is 9.79 Å². The van der Waals surface area contributed by atoms with Crippen LogP contribution in [-0.4, -0.2) is 5.91 Å². The highest BCUT2D eigenvalue weighted by atomic mass is 32.2. The molecule has 0 saturated carbocycles.